The fourth-order valence-corrected chi connectivity index (χ4v) is 12.1. The Morgan fingerprint density at radius 1 is 0.473 bits per heavy atom. The van der Waals surface area contributed by atoms with Crippen LogP contribution in [0.5, 0.6) is 11.5 Å². The van der Waals surface area contributed by atoms with E-state index in [1.807, 2.05) is 24.3 Å². The predicted molar refractivity (Wildman–Crippen MR) is 332 cm³/mol. The first-order chi connectivity index (χ1) is 44.2. The maximum atomic E-state index is 14.0. The van der Waals surface area contributed by atoms with Crippen LogP contribution < -0.4 is 14.5 Å². The highest BCUT2D eigenvalue weighted by molar-refractivity contribution is 7.22. The molecule has 1 aromatic heterocycles. The van der Waals surface area contributed by atoms with E-state index in [1.54, 1.807) is 23.2 Å². The van der Waals surface area contributed by atoms with Gasteiger partial charge in [-0.05, 0) is 159 Å². The third kappa shape index (κ3) is 23.7. The van der Waals surface area contributed by atoms with E-state index in [9.17, 15) is 43.2 Å². The molecular weight excluding hydrogens is 1200 g/mol. The highest BCUT2D eigenvalue weighted by atomic mass is 32.1. The van der Waals surface area contributed by atoms with Crippen LogP contribution in [0.2, 0.25) is 0 Å². The smallest absolute Gasteiger partial charge is 0.330 e. The van der Waals surface area contributed by atoms with Gasteiger partial charge in [0.2, 0.25) is 5.13 Å². The molecule has 0 bridgehead atoms. The van der Waals surface area contributed by atoms with Gasteiger partial charge in [0, 0.05) is 23.8 Å². The standard InChI is InChI=1S/C67H85N3O20S/c1-4-58(71)82-34-9-11-36-85-61(74)45-23-27-52(28-24-45)87-63(76)47-15-17-49(18-16-47)65(78)89-54-31-32-56(51(43-54)44-68-70(67-69-55-13-7-8-14-57(55)91-67)33-38-80-39-40-81-41-42-84-60(73)6-3)90-66(79)50-21-19-48(20-22-50)64(77)88-53-29-25-46(26-30-53)62(75)86-37-12-10-35-83-59(72)5-2/h4-8,13-14,31-32,43-50,52-53H,1-3,9-12,15-30,33-42H2/b68-44+. The minimum Gasteiger partial charge on any atom is -0.465 e. The van der Waals surface area contributed by atoms with Crippen molar-refractivity contribution in [3.8, 4) is 11.5 Å². The molecular formula is C67H85N3O20S. The lowest BCUT2D eigenvalue weighted by atomic mass is 9.82. The molecule has 2 aromatic carbocycles. The maximum absolute atomic E-state index is 14.0. The number of hydrazone groups is 1. The number of anilines is 1. The first-order valence-corrected chi connectivity index (χ1v) is 32.5. The molecule has 0 saturated heterocycles. The molecule has 0 aliphatic heterocycles. The number of carbonyl (C=O) groups is 9. The summed E-state index contributed by atoms with van der Waals surface area (Å²) < 4.78 is 62.1. The van der Waals surface area contributed by atoms with Gasteiger partial charge in [-0.3, -0.25) is 28.8 Å². The Labute approximate surface area is 534 Å². The monoisotopic (exact) mass is 1280 g/mol. The summed E-state index contributed by atoms with van der Waals surface area (Å²) >= 11 is 1.42. The first kappa shape index (κ1) is 70.6. The predicted octanol–water partition coefficient (Wildman–Crippen LogP) is 9.63. The average Bonchev–Trinajstić information content (AvgIpc) is 4.20. The molecule has 24 heteroatoms. The van der Waals surface area contributed by atoms with Crippen molar-refractivity contribution < 1.29 is 95.3 Å². The van der Waals surface area contributed by atoms with Gasteiger partial charge in [-0.25, -0.2) is 24.4 Å². The summed E-state index contributed by atoms with van der Waals surface area (Å²) in [6.07, 6.45) is 13.9. The molecule has 0 radical (unpaired) electrons. The molecule has 1 heterocycles. The topological polar surface area (TPSA) is 284 Å². The molecule has 23 nitrogen and oxygen atoms in total. The van der Waals surface area contributed by atoms with Crippen LogP contribution in [0, 0.1) is 35.5 Å². The second-order valence-electron chi connectivity index (χ2n) is 22.9. The second kappa shape index (κ2) is 38.1. The molecule has 0 amide bonds. The number of rotatable bonds is 35. The van der Waals surface area contributed by atoms with Gasteiger partial charge in [0.15, 0.2) is 0 Å². The van der Waals surface area contributed by atoms with E-state index in [0.29, 0.717) is 139 Å². The van der Waals surface area contributed by atoms with Gasteiger partial charge in [0.05, 0.1) is 111 Å². The highest BCUT2D eigenvalue weighted by Crippen LogP contribution is 2.37. The van der Waals surface area contributed by atoms with Crippen LogP contribution in [0.4, 0.5) is 5.13 Å². The first-order valence-electron chi connectivity index (χ1n) is 31.7. The van der Waals surface area contributed by atoms with E-state index in [1.165, 1.54) is 17.6 Å². The number of thiazole rings is 1. The average molecular weight is 1280 g/mol. The number of hydrogen-bond acceptors (Lipinski definition) is 24. The lowest BCUT2D eigenvalue weighted by Crippen LogP contribution is -2.33. The zero-order valence-electron chi connectivity index (χ0n) is 51.7. The minimum atomic E-state index is -0.539. The molecule has 3 aromatic rings. The van der Waals surface area contributed by atoms with Crippen LogP contribution in [0.1, 0.15) is 134 Å². The van der Waals surface area contributed by atoms with Crippen molar-refractivity contribution in [3.63, 3.8) is 0 Å². The van der Waals surface area contributed by atoms with Crippen LogP contribution >= 0.6 is 11.3 Å². The van der Waals surface area contributed by atoms with Crippen molar-refractivity contribution in [2.24, 2.45) is 40.6 Å². The van der Waals surface area contributed by atoms with Crippen LogP contribution in [0.3, 0.4) is 0 Å². The zero-order valence-corrected chi connectivity index (χ0v) is 52.5. The SMILES string of the molecule is C=CC(=O)OCCCCOC(=O)C1CCC(OC(=O)C2CCC(C(=O)Oc3ccc(OC(=O)C4CCC(C(=O)OC5CCC(C(=O)OCCCCOC(=O)C=C)CC5)CC4)c(/C=N/N(CCOCCOCCOC(=O)C=C)c4nc5ccccc5s4)c3)CC2)CC1. The summed E-state index contributed by atoms with van der Waals surface area (Å²) in [6.45, 7) is 12.2. The summed E-state index contributed by atoms with van der Waals surface area (Å²) in [6, 6.07) is 12.3. The van der Waals surface area contributed by atoms with Gasteiger partial charge < -0.3 is 52.1 Å². The second-order valence-corrected chi connectivity index (χ2v) is 23.9. The lowest BCUT2D eigenvalue weighted by molar-refractivity contribution is -0.161. The minimum absolute atomic E-state index is 0.0746. The number of para-hydroxylation sites is 1. The Morgan fingerprint density at radius 3 is 1.38 bits per heavy atom. The van der Waals surface area contributed by atoms with Gasteiger partial charge >= 0.3 is 53.7 Å². The maximum Gasteiger partial charge on any atom is 0.330 e. The molecule has 4 saturated carbocycles. The van der Waals surface area contributed by atoms with E-state index < -0.39 is 47.6 Å². The number of hydrogen-bond donors (Lipinski definition) is 0. The Kier molecular flexibility index (Phi) is 29.6. The van der Waals surface area contributed by atoms with Crippen LogP contribution in [0.15, 0.2) is 85.5 Å². The normalized spacial score (nSPS) is 21.5. The lowest BCUT2D eigenvalue weighted by Gasteiger charge is -2.30. The molecule has 4 fully saturated rings. The van der Waals surface area contributed by atoms with Crippen molar-refractivity contribution in [3.05, 3.63) is 86.0 Å². The number of aromatic nitrogens is 1. The molecule has 0 unspecified atom stereocenters. The molecule has 0 atom stereocenters. The molecule has 0 N–H and O–H groups in total. The van der Waals surface area contributed by atoms with Gasteiger partial charge in [-0.15, -0.1) is 0 Å². The summed E-state index contributed by atoms with van der Waals surface area (Å²) in [5.74, 6) is -5.76. The molecule has 4 aliphatic rings. The Hall–Kier alpha value is -7.83. The van der Waals surface area contributed by atoms with E-state index in [4.69, 9.17) is 62.2 Å². The van der Waals surface area contributed by atoms with E-state index in [2.05, 4.69) is 19.7 Å². The highest BCUT2D eigenvalue weighted by Gasteiger charge is 2.37. The molecule has 4 aliphatic carbocycles. The van der Waals surface area contributed by atoms with E-state index in [0.717, 1.165) is 28.4 Å². The van der Waals surface area contributed by atoms with E-state index >= 15 is 0 Å². The van der Waals surface area contributed by atoms with Crippen LogP contribution in [-0.4, -0.2) is 143 Å². The Bertz CT molecular complexity index is 2930. The number of unbranched alkanes of at least 4 members (excludes halogenated alkanes) is 2. The quantitative estimate of drug-likeness (QED) is 0.0101. The van der Waals surface area contributed by atoms with Gasteiger partial charge in [-0.1, -0.05) is 43.2 Å². The largest absolute Gasteiger partial charge is 0.465 e. The van der Waals surface area contributed by atoms with Crippen LogP contribution in [-0.2, 0) is 85.8 Å². The number of benzene rings is 2. The zero-order chi connectivity index (χ0) is 64.7. The van der Waals surface area contributed by atoms with Crippen molar-refractivity contribution in [2.75, 3.05) is 71.0 Å². The fourth-order valence-electron chi connectivity index (χ4n) is 11.1. The molecule has 494 valence electrons. The Morgan fingerprint density at radius 2 is 0.890 bits per heavy atom. The van der Waals surface area contributed by atoms with Gasteiger partial charge in [0.1, 0.15) is 30.3 Å². The number of nitrogens with zero attached hydrogens (tertiary/aromatic N) is 3. The van der Waals surface area contributed by atoms with Crippen molar-refractivity contribution >= 4 is 86.6 Å². The number of carbonyl (C=O) groups excluding carboxylic acids is 9. The third-order valence-corrected chi connectivity index (χ3v) is 17.5. The van der Waals surface area contributed by atoms with Crippen molar-refractivity contribution in [1.29, 1.82) is 0 Å². The molecule has 7 rings (SSSR count). The fraction of sp³-hybridized carbons (Fsp3) is 0.567. The molecule has 91 heavy (non-hydrogen) atoms. The number of ether oxygens (including phenoxy) is 11. The summed E-state index contributed by atoms with van der Waals surface area (Å²) in [7, 11) is 0. The Balaban J connectivity index is 0.923. The molecule has 0 spiro atoms. The number of fused-ring (bicyclic) bond motifs is 1. The summed E-state index contributed by atoms with van der Waals surface area (Å²) in [5, 5.41) is 7.06. The summed E-state index contributed by atoms with van der Waals surface area (Å²) in [4.78, 5) is 119. The summed E-state index contributed by atoms with van der Waals surface area (Å²) in [5.41, 5.74) is 1.08. The van der Waals surface area contributed by atoms with Crippen LogP contribution in [0.25, 0.3) is 10.2 Å². The van der Waals surface area contributed by atoms with E-state index in [-0.39, 0.29) is 131 Å². The number of esters is 9. The third-order valence-electron chi connectivity index (χ3n) is 16.5. The van der Waals surface area contributed by atoms with Crippen molar-refractivity contribution in [1.82, 2.24) is 4.98 Å². The van der Waals surface area contributed by atoms with Gasteiger partial charge in [-0.2, -0.15) is 5.10 Å². The van der Waals surface area contributed by atoms with Gasteiger partial charge in [0.25, 0.3) is 0 Å². The van der Waals surface area contributed by atoms with Crippen molar-refractivity contribution in [2.45, 2.75) is 141 Å².